The van der Waals surface area contributed by atoms with Gasteiger partial charge >= 0.3 is 6.61 Å². The number of halogens is 2. The lowest BCUT2D eigenvalue weighted by molar-refractivity contribution is -0.0498. The molecule has 0 saturated carbocycles. The normalized spacial score (nSPS) is 15.0. The van der Waals surface area contributed by atoms with E-state index in [4.69, 9.17) is 0 Å². The Kier molecular flexibility index (Phi) is 4.50. The van der Waals surface area contributed by atoms with Crippen molar-refractivity contribution in [3.63, 3.8) is 0 Å². The van der Waals surface area contributed by atoms with Crippen LogP contribution in [0.1, 0.15) is 29.9 Å². The summed E-state index contributed by atoms with van der Waals surface area (Å²) < 4.78 is 30.0. The van der Waals surface area contributed by atoms with Crippen LogP contribution in [-0.2, 0) is 0 Å². The molecule has 0 bridgehead atoms. The molecule has 1 aliphatic heterocycles. The summed E-state index contributed by atoms with van der Waals surface area (Å²) in [6.45, 7) is -1.40. The number of likely N-dealkylation sites (tertiary alicyclic amines) is 1. The topological polar surface area (TPSA) is 60.3 Å². The van der Waals surface area contributed by atoms with Gasteiger partial charge in [0, 0.05) is 13.1 Å². The number of rotatable bonds is 4. The molecule has 1 saturated heterocycles. The summed E-state index contributed by atoms with van der Waals surface area (Å²) in [4.78, 5) is 18.1. The zero-order valence-corrected chi connectivity index (χ0v) is 12.4. The van der Waals surface area contributed by atoms with Gasteiger partial charge in [-0.15, -0.1) is 5.10 Å². The SMILES string of the molecule is O=C(c1ncn(-c2ccc(OC(F)F)cc2)n1)N1CCCCC1. The Hall–Kier alpha value is -2.51. The molecule has 0 spiro atoms. The molecule has 1 aromatic heterocycles. The molecule has 8 heteroatoms. The highest BCUT2D eigenvalue weighted by Gasteiger charge is 2.21. The van der Waals surface area contributed by atoms with Crippen molar-refractivity contribution in [1.82, 2.24) is 19.7 Å². The van der Waals surface area contributed by atoms with Crippen LogP contribution in [0.4, 0.5) is 8.78 Å². The van der Waals surface area contributed by atoms with Crippen molar-refractivity contribution in [1.29, 1.82) is 0 Å². The van der Waals surface area contributed by atoms with Crippen LogP contribution in [0.3, 0.4) is 0 Å². The molecule has 6 nitrogen and oxygen atoms in total. The number of hydrogen-bond donors (Lipinski definition) is 0. The number of benzene rings is 1. The number of carbonyl (C=O) groups is 1. The van der Waals surface area contributed by atoms with E-state index in [9.17, 15) is 13.6 Å². The molecule has 1 aliphatic rings. The molecule has 0 radical (unpaired) electrons. The molecular weight excluding hydrogens is 306 g/mol. The average Bonchev–Trinajstić information content (AvgIpc) is 3.05. The van der Waals surface area contributed by atoms with Crippen LogP contribution in [0, 0.1) is 0 Å². The molecule has 2 heterocycles. The summed E-state index contributed by atoms with van der Waals surface area (Å²) in [7, 11) is 0. The van der Waals surface area contributed by atoms with Gasteiger partial charge in [0.15, 0.2) is 0 Å². The molecule has 1 aromatic carbocycles. The van der Waals surface area contributed by atoms with Crippen molar-refractivity contribution in [3.05, 3.63) is 36.4 Å². The highest BCUT2D eigenvalue weighted by Crippen LogP contribution is 2.17. The van der Waals surface area contributed by atoms with Gasteiger partial charge in [0.1, 0.15) is 12.1 Å². The van der Waals surface area contributed by atoms with Gasteiger partial charge < -0.3 is 9.64 Å². The number of carbonyl (C=O) groups excluding carboxylic acids is 1. The van der Waals surface area contributed by atoms with Crippen LogP contribution in [0.5, 0.6) is 5.75 Å². The molecule has 0 unspecified atom stereocenters. The fraction of sp³-hybridized carbons (Fsp3) is 0.400. The second-order valence-corrected chi connectivity index (χ2v) is 5.24. The first kappa shape index (κ1) is 15.4. The number of aromatic nitrogens is 3. The molecule has 3 rings (SSSR count). The number of nitrogens with zero attached hydrogens (tertiary/aromatic N) is 4. The molecule has 0 aliphatic carbocycles. The third-order valence-corrected chi connectivity index (χ3v) is 3.65. The van der Waals surface area contributed by atoms with Crippen LogP contribution >= 0.6 is 0 Å². The predicted molar refractivity (Wildman–Crippen MR) is 77.7 cm³/mol. The van der Waals surface area contributed by atoms with E-state index in [0.29, 0.717) is 5.69 Å². The van der Waals surface area contributed by atoms with Crippen molar-refractivity contribution in [3.8, 4) is 11.4 Å². The maximum atomic E-state index is 12.3. The van der Waals surface area contributed by atoms with Gasteiger partial charge in [-0.3, -0.25) is 4.79 Å². The summed E-state index contributed by atoms with van der Waals surface area (Å²) in [5, 5.41) is 4.17. The van der Waals surface area contributed by atoms with Crippen LogP contribution in [-0.4, -0.2) is 45.3 Å². The van der Waals surface area contributed by atoms with Gasteiger partial charge in [0.25, 0.3) is 5.91 Å². The number of amides is 1. The van der Waals surface area contributed by atoms with Crippen molar-refractivity contribution in [2.45, 2.75) is 25.9 Å². The fourth-order valence-electron chi connectivity index (χ4n) is 2.50. The molecule has 0 atom stereocenters. The lowest BCUT2D eigenvalue weighted by Crippen LogP contribution is -2.36. The van der Waals surface area contributed by atoms with Crippen molar-refractivity contribution >= 4 is 5.91 Å². The number of alkyl halides is 2. The van der Waals surface area contributed by atoms with Crippen molar-refractivity contribution in [2.75, 3.05) is 13.1 Å². The van der Waals surface area contributed by atoms with Gasteiger partial charge in [0.2, 0.25) is 5.82 Å². The number of piperidine rings is 1. The first-order valence-electron chi connectivity index (χ1n) is 7.40. The van der Waals surface area contributed by atoms with E-state index < -0.39 is 6.61 Å². The fourth-order valence-corrected chi connectivity index (χ4v) is 2.50. The van der Waals surface area contributed by atoms with Crippen molar-refractivity contribution in [2.24, 2.45) is 0 Å². The summed E-state index contributed by atoms with van der Waals surface area (Å²) in [6, 6.07) is 5.97. The highest BCUT2D eigenvalue weighted by atomic mass is 19.3. The maximum absolute atomic E-state index is 12.3. The van der Waals surface area contributed by atoms with E-state index >= 15 is 0 Å². The Balaban J connectivity index is 1.72. The van der Waals surface area contributed by atoms with E-state index in [1.165, 1.54) is 23.1 Å². The zero-order valence-electron chi connectivity index (χ0n) is 12.4. The first-order valence-corrected chi connectivity index (χ1v) is 7.40. The second-order valence-electron chi connectivity index (χ2n) is 5.24. The third kappa shape index (κ3) is 3.64. The molecule has 2 aromatic rings. The minimum Gasteiger partial charge on any atom is -0.435 e. The predicted octanol–water partition coefficient (Wildman–Crippen LogP) is 2.49. The van der Waals surface area contributed by atoms with Gasteiger partial charge in [-0.05, 0) is 43.5 Å². The minimum absolute atomic E-state index is 0.0634. The third-order valence-electron chi connectivity index (χ3n) is 3.65. The van der Waals surface area contributed by atoms with E-state index in [1.54, 1.807) is 17.0 Å². The standard InChI is InChI=1S/C15H16F2N4O2/c16-15(17)23-12-6-4-11(5-7-12)21-10-18-13(19-21)14(22)20-8-2-1-3-9-20/h4-7,10,15H,1-3,8-9H2. The molecular formula is C15H16F2N4O2. The van der Waals surface area contributed by atoms with Crippen LogP contribution in [0.25, 0.3) is 5.69 Å². The Bertz CT molecular complexity index is 666. The van der Waals surface area contributed by atoms with Crippen molar-refractivity contribution < 1.29 is 18.3 Å². The smallest absolute Gasteiger partial charge is 0.387 e. The zero-order chi connectivity index (χ0) is 16.2. The second kappa shape index (κ2) is 6.72. The molecule has 1 amide bonds. The summed E-state index contributed by atoms with van der Waals surface area (Å²) >= 11 is 0. The largest absolute Gasteiger partial charge is 0.435 e. The van der Waals surface area contributed by atoms with Gasteiger partial charge in [-0.25, -0.2) is 9.67 Å². The lowest BCUT2D eigenvalue weighted by Gasteiger charge is -2.25. The number of ether oxygens (including phenoxy) is 1. The van der Waals surface area contributed by atoms with Gasteiger partial charge in [-0.1, -0.05) is 0 Å². The minimum atomic E-state index is -2.86. The molecule has 1 fully saturated rings. The van der Waals surface area contributed by atoms with E-state index in [-0.39, 0.29) is 17.5 Å². The number of hydrogen-bond acceptors (Lipinski definition) is 4. The van der Waals surface area contributed by atoms with E-state index in [2.05, 4.69) is 14.8 Å². The Morgan fingerprint density at radius 1 is 1.13 bits per heavy atom. The average molecular weight is 322 g/mol. The molecule has 122 valence electrons. The molecule has 23 heavy (non-hydrogen) atoms. The summed E-state index contributed by atoms with van der Waals surface area (Å²) in [5.41, 5.74) is 0.608. The Morgan fingerprint density at radius 3 is 2.48 bits per heavy atom. The van der Waals surface area contributed by atoms with E-state index in [0.717, 1.165) is 32.4 Å². The summed E-state index contributed by atoms with van der Waals surface area (Å²) in [5.74, 6) is 0.0226. The quantitative estimate of drug-likeness (QED) is 0.868. The van der Waals surface area contributed by atoms with Gasteiger partial charge in [-0.2, -0.15) is 8.78 Å². The highest BCUT2D eigenvalue weighted by molar-refractivity contribution is 5.90. The van der Waals surface area contributed by atoms with Crippen LogP contribution in [0.15, 0.2) is 30.6 Å². The van der Waals surface area contributed by atoms with Crippen LogP contribution in [0.2, 0.25) is 0 Å². The van der Waals surface area contributed by atoms with Crippen LogP contribution < -0.4 is 4.74 Å². The first-order chi connectivity index (χ1) is 11.1. The lowest BCUT2D eigenvalue weighted by atomic mass is 10.1. The Morgan fingerprint density at radius 2 is 1.83 bits per heavy atom. The van der Waals surface area contributed by atoms with Gasteiger partial charge in [0.05, 0.1) is 5.69 Å². The molecule has 0 N–H and O–H groups in total. The monoisotopic (exact) mass is 322 g/mol. The summed E-state index contributed by atoms with van der Waals surface area (Å²) in [6.07, 6.45) is 4.56. The van der Waals surface area contributed by atoms with E-state index in [1.807, 2.05) is 0 Å². The maximum Gasteiger partial charge on any atom is 0.387 e. The Labute approximate surface area is 131 Å².